The Morgan fingerprint density at radius 2 is 1.91 bits per heavy atom. The lowest BCUT2D eigenvalue weighted by atomic mass is 10.00. The number of nitrogens with one attached hydrogen (secondary N) is 1. The van der Waals surface area contributed by atoms with Gasteiger partial charge in [0.2, 0.25) is 0 Å². The zero-order valence-corrected chi connectivity index (χ0v) is 14.7. The van der Waals surface area contributed by atoms with Gasteiger partial charge in [-0.1, -0.05) is 31.5 Å². The largest absolute Gasteiger partial charge is 0.348 e. The molecule has 0 spiro atoms. The first-order valence-electron chi connectivity index (χ1n) is 8.09. The van der Waals surface area contributed by atoms with Crippen LogP contribution in [-0.4, -0.2) is 41.0 Å². The number of halogens is 1. The lowest BCUT2D eigenvalue weighted by Gasteiger charge is -2.34. The molecule has 22 heavy (non-hydrogen) atoms. The number of hydrogen-bond donors (Lipinski definition) is 1. The molecular weight excluding hydrogens is 298 g/mol. The van der Waals surface area contributed by atoms with Gasteiger partial charge in [-0.2, -0.15) is 0 Å². The summed E-state index contributed by atoms with van der Waals surface area (Å²) in [5.74, 6) is 0.141. The minimum absolute atomic E-state index is 0.103. The Hall–Kier alpha value is -1.13. The van der Waals surface area contributed by atoms with Gasteiger partial charge < -0.3 is 10.2 Å². The first-order valence-corrected chi connectivity index (χ1v) is 8.47. The normalized spacial score (nSPS) is 17.2. The fourth-order valence-electron chi connectivity index (χ4n) is 2.91. The lowest BCUT2D eigenvalue weighted by molar-refractivity contribution is 0.0894. The molecule has 122 valence electrons. The Labute approximate surface area is 138 Å². The van der Waals surface area contributed by atoms with Crippen molar-refractivity contribution in [1.29, 1.82) is 0 Å². The summed E-state index contributed by atoms with van der Waals surface area (Å²) in [6, 6.07) is 4.44. The molecule has 1 aromatic heterocycles. The van der Waals surface area contributed by atoms with Crippen LogP contribution in [0, 0.1) is 0 Å². The highest BCUT2D eigenvalue weighted by atomic mass is 35.5. The highest BCUT2D eigenvalue weighted by Gasteiger charge is 2.24. The van der Waals surface area contributed by atoms with Crippen LogP contribution in [0.5, 0.6) is 0 Å². The second-order valence-corrected chi connectivity index (χ2v) is 6.99. The van der Waals surface area contributed by atoms with Crippen LogP contribution >= 0.6 is 11.6 Å². The molecule has 4 nitrogen and oxygen atoms in total. The highest BCUT2D eigenvalue weighted by molar-refractivity contribution is 6.29. The van der Waals surface area contributed by atoms with Crippen molar-refractivity contribution in [1.82, 2.24) is 15.2 Å². The first-order chi connectivity index (χ1) is 10.4. The van der Waals surface area contributed by atoms with E-state index in [-0.39, 0.29) is 17.9 Å². The Kier molecular flexibility index (Phi) is 5.81. The van der Waals surface area contributed by atoms with Crippen molar-refractivity contribution in [2.45, 2.75) is 58.5 Å². The van der Waals surface area contributed by atoms with Crippen LogP contribution in [0.1, 0.15) is 62.5 Å². The third-order valence-corrected chi connectivity index (χ3v) is 4.54. The molecule has 0 aliphatic carbocycles. The van der Waals surface area contributed by atoms with Gasteiger partial charge in [0.05, 0.1) is 0 Å². The summed E-state index contributed by atoms with van der Waals surface area (Å²) in [4.78, 5) is 19.3. The van der Waals surface area contributed by atoms with Gasteiger partial charge in [0.25, 0.3) is 5.91 Å². The van der Waals surface area contributed by atoms with Gasteiger partial charge in [0.15, 0.2) is 0 Å². The van der Waals surface area contributed by atoms with Crippen molar-refractivity contribution in [3.63, 3.8) is 0 Å². The molecule has 0 unspecified atom stereocenters. The number of nitrogens with zero attached hydrogens (tertiary/aromatic N) is 2. The van der Waals surface area contributed by atoms with Gasteiger partial charge in [-0.05, 0) is 44.2 Å². The van der Waals surface area contributed by atoms with Crippen molar-refractivity contribution in [2.24, 2.45) is 0 Å². The summed E-state index contributed by atoms with van der Waals surface area (Å²) in [6.07, 6.45) is 1.98. The third kappa shape index (κ3) is 4.20. The Morgan fingerprint density at radius 1 is 1.27 bits per heavy atom. The fourth-order valence-corrected chi connectivity index (χ4v) is 3.06. The van der Waals surface area contributed by atoms with Crippen LogP contribution in [0.2, 0.25) is 5.15 Å². The highest BCUT2D eigenvalue weighted by Crippen LogP contribution is 2.21. The predicted molar refractivity (Wildman–Crippen MR) is 90.5 cm³/mol. The van der Waals surface area contributed by atoms with E-state index in [4.69, 9.17) is 11.6 Å². The molecule has 1 aromatic rings. The van der Waals surface area contributed by atoms with E-state index in [1.54, 1.807) is 6.07 Å². The lowest BCUT2D eigenvalue weighted by Crippen LogP contribution is -2.46. The average molecular weight is 324 g/mol. The Balaban J connectivity index is 2.03. The summed E-state index contributed by atoms with van der Waals surface area (Å²) in [7, 11) is 0. The molecule has 2 heterocycles. The molecular formula is C17H26ClN3O. The van der Waals surface area contributed by atoms with E-state index in [0.717, 1.165) is 31.5 Å². The van der Waals surface area contributed by atoms with E-state index in [1.165, 1.54) is 0 Å². The van der Waals surface area contributed by atoms with E-state index >= 15 is 0 Å². The molecule has 0 bridgehead atoms. The minimum atomic E-state index is -0.103. The number of hydrogen-bond acceptors (Lipinski definition) is 3. The average Bonchev–Trinajstić information content (AvgIpc) is 2.47. The summed E-state index contributed by atoms with van der Waals surface area (Å²) >= 11 is 5.96. The molecule has 1 aliphatic rings. The molecule has 1 amide bonds. The number of amides is 1. The molecule has 0 atom stereocenters. The monoisotopic (exact) mass is 323 g/mol. The fraction of sp³-hybridized carbons (Fsp3) is 0.647. The molecule has 1 aliphatic heterocycles. The second-order valence-electron chi connectivity index (χ2n) is 6.60. The molecule has 0 saturated carbocycles. The van der Waals surface area contributed by atoms with Crippen LogP contribution in [-0.2, 0) is 0 Å². The van der Waals surface area contributed by atoms with E-state index in [1.807, 2.05) is 6.07 Å². The standard InChI is InChI=1S/C17H26ClN3O/c1-11(2)14-5-6-15(18)20-16(14)17(22)19-13-7-9-21(10-8-13)12(3)4/h5-6,11-13H,7-10H2,1-4H3,(H,19,22). The van der Waals surface area contributed by atoms with Gasteiger partial charge in [0.1, 0.15) is 10.8 Å². The molecule has 1 fully saturated rings. The molecule has 1 saturated heterocycles. The van der Waals surface area contributed by atoms with Crippen molar-refractivity contribution < 1.29 is 4.79 Å². The third-order valence-electron chi connectivity index (χ3n) is 4.32. The number of carbonyl (C=O) groups is 1. The van der Waals surface area contributed by atoms with E-state index in [0.29, 0.717) is 16.9 Å². The Bertz CT molecular complexity index is 523. The number of piperidine rings is 1. The number of likely N-dealkylation sites (tertiary alicyclic amines) is 1. The molecule has 0 aromatic carbocycles. The van der Waals surface area contributed by atoms with Gasteiger partial charge >= 0.3 is 0 Å². The molecule has 5 heteroatoms. The van der Waals surface area contributed by atoms with Gasteiger partial charge in [-0.3, -0.25) is 4.79 Å². The second kappa shape index (κ2) is 7.42. The quantitative estimate of drug-likeness (QED) is 0.863. The van der Waals surface area contributed by atoms with Crippen molar-refractivity contribution in [3.8, 4) is 0 Å². The maximum Gasteiger partial charge on any atom is 0.270 e. The van der Waals surface area contributed by atoms with Gasteiger partial charge in [0, 0.05) is 25.2 Å². The Morgan fingerprint density at radius 3 is 2.45 bits per heavy atom. The molecule has 1 N–H and O–H groups in total. The van der Waals surface area contributed by atoms with Crippen LogP contribution in [0.3, 0.4) is 0 Å². The summed E-state index contributed by atoms with van der Waals surface area (Å²) in [5.41, 5.74) is 1.41. The number of aromatic nitrogens is 1. The maximum absolute atomic E-state index is 12.6. The SMILES string of the molecule is CC(C)c1ccc(Cl)nc1C(=O)NC1CCN(C(C)C)CC1. The first kappa shape index (κ1) is 17.2. The topological polar surface area (TPSA) is 45.2 Å². The zero-order valence-electron chi connectivity index (χ0n) is 13.9. The summed E-state index contributed by atoms with van der Waals surface area (Å²) in [5, 5.41) is 3.50. The molecule has 0 radical (unpaired) electrons. The van der Waals surface area contributed by atoms with Crippen molar-refractivity contribution in [3.05, 3.63) is 28.5 Å². The summed E-state index contributed by atoms with van der Waals surface area (Å²) < 4.78 is 0. The number of rotatable bonds is 4. The molecule has 2 rings (SSSR count). The van der Waals surface area contributed by atoms with Crippen molar-refractivity contribution in [2.75, 3.05) is 13.1 Å². The van der Waals surface area contributed by atoms with E-state index in [2.05, 4.69) is 42.9 Å². The number of pyridine rings is 1. The maximum atomic E-state index is 12.6. The predicted octanol–water partition coefficient (Wildman–Crippen LogP) is 3.46. The van der Waals surface area contributed by atoms with Crippen LogP contribution in [0.25, 0.3) is 0 Å². The zero-order chi connectivity index (χ0) is 16.3. The van der Waals surface area contributed by atoms with E-state index < -0.39 is 0 Å². The van der Waals surface area contributed by atoms with Crippen molar-refractivity contribution >= 4 is 17.5 Å². The smallest absolute Gasteiger partial charge is 0.270 e. The van der Waals surface area contributed by atoms with Crippen LogP contribution in [0.15, 0.2) is 12.1 Å². The van der Waals surface area contributed by atoms with Crippen LogP contribution in [0.4, 0.5) is 0 Å². The van der Waals surface area contributed by atoms with E-state index in [9.17, 15) is 4.79 Å². The van der Waals surface area contributed by atoms with Crippen LogP contribution < -0.4 is 5.32 Å². The number of carbonyl (C=O) groups excluding carboxylic acids is 1. The summed E-state index contributed by atoms with van der Waals surface area (Å²) in [6.45, 7) is 10.6. The van der Waals surface area contributed by atoms with Gasteiger partial charge in [-0.25, -0.2) is 4.98 Å². The minimum Gasteiger partial charge on any atom is -0.348 e. The van der Waals surface area contributed by atoms with Gasteiger partial charge in [-0.15, -0.1) is 0 Å².